The normalized spacial score (nSPS) is 18.6. The molecule has 0 aromatic heterocycles. The number of halogens is 1. The van der Waals surface area contributed by atoms with Gasteiger partial charge in [0.2, 0.25) is 11.8 Å². The Kier molecular flexibility index (Phi) is 4.26. The van der Waals surface area contributed by atoms with E-state index in [1.54, 1.807) is 9.80 Å². The smallest absolute Gasteiger partial charge is 0.242 e. The number of carbonyl (C=O) groups excluding carboxylic acids is 2. The first kappa shape index (κ1) is 14.5. The molecule has 21 heavy (non-hydrogen) atoms. The number of rotatable bonds is 2. The Morgan fingerprint density at radius 2 is 2.00 bits per heavy atom. The van der Waals surface area contributed by atoms with E-state index in [0.29, 0.717) is 32.7 Å². The summed E-state index contributed by atoms with van der Waals surface area (Å²) >= 11 is 3.45. The summed E-state index contributed by atoms with van der Waals surface area (Å²) in [5.74, 6) is 0.00820. The molecule has 3 rings (SSSR count). The van der Waals surface area contributed by atoms with Crippen LogP contribution in [0.4, 0.5) is 5.69 Å². The van der Waals surface area contributed by atoms with Crippen molar-refractivity contribution in [2.45, 2.75) is 12.8 Å². The van der Waals surface area contributed by atoms with E-state index in [1.807, 2.05) is 18.2 Å². The highest BCUT2D eigenvalue weighted by Gasteiger charge is 2.28. The number of morpholine rings is 1. The highest BCUT2D eigenvalue weighted by molar-refractivity contribution is 9.10. The number of carbonyl (C=O) groups is 2. The van der Waals surface area contributed by atoms with E-state index in [1.165, 1.54) is 0 Å². The van der Waals surface area contributed by atoms with Gasteiger partial charge < -0.3 is 14.5 Å². The molecule has 1 fully saturated rings. The van der Waals surface area contributed by atoms with E-state index in [4.69, 9.17) is 4.74 Å². The van der Waals surface area contributed by atoms with Gasteiger partial charge in [-0.3, -0.25) is 9.59 Å². The molecule has 2 amide bonds. The standard InChI is InChI=1S/C15H17BrN2O3/c16-12-2-3-13-11(9-12)1-4-14(19)18(13)10-15(20)17-5-7-21-8-6-17/h2-3,9H,1,4-8,10H2. The fraction of sp³-hybridized carbons (Fsp3) is 0.467. The van der Waals surface area contributed by atoms with Crippen molar-refractivity contribution in [3.63, 3.8) is 0 Å². The van der Waals surface area contributed by atoms with Crippen LogP contribution in [0.1, 0.15) is 12.0 Å². The third kappa shape index (κ3) is 3.11. The van der Waals surface area contributed by atoms with Crippen LogP contribution in [0.15, 0.2) is 22.7 Å². The van der Waals surface area contributed by atoms with E-state index in [0.717, 1.165) is 22.1 Å². The summed E-state index contributed by atoms with van der Waals surface area (Å²) in [6.45, 7) is 2.47. The maximum atomic E-state index is 12.4. The molecule has 0 unspecified atom stereocenters. The number of fused-ring (bicyclic) bond motifs is 1. The Labute approximate surface area is 132 Å². The van der Waals surface area contributed by atoms with Gasteiger partial charge in [0, 0.05) is 29.7 Å². The maximum absolute atomic E-state index is 12.4. The molecule has 0 radical (unpaired) electrons. The van der Waals surface area contributed by atoms with Gasteiger partial charge in [-0.05, 0) is 30.2 Å². The minimum absolute atomic E-state index is 0.0116. The van der Waals surface area contributed by atoms with Gasteiger partial charge in [-0.1, -0.05) is 15.9 Å². The monoisotopic (exact) mass is 352 g/mol. The summed E-state index contributed by atoms with van der Waals surface area (Å²) in [5, 5.41) is 0. The Morgan fingerprint density at radius 1 is 1.24 bits per heavy atom. The minimum atomic E-state index is -0.0116. The highest BCUT2D eigenvalue weighted by atomic mass is 79.9. The lowest BCUT2D eigenvalue weighted by atomic mass is 10.0. The molecule has 0 saturated carbocycles. The molecular formula is C15H17BrN2O3. The second-order valence-electron chi connectivity index (χ2n) is 5.25. The van der Waals surface area contributed by atoms with Crippen LogP contribution in [0.25, 0.3) is 0 Å². The molecule has 5 nitrogen and oxygen atoms in total. The first-order chi connectivity index (χ1) is 10.1. The van der Waals surface area contributed by atoms with Crippen molar-refractivity contribution in [2.75, 3.05) is 37.7 Å². The number of anilines is 1. The summed E-state index contributed by atoms with van der Waals surface area (Å²) < 4.78 is 6.25. The first-order valence-corrected chi connectivity index (χ1v) is 7.89. The number of hydrogen-bond acceptors (Lipinski definition) is 3. The lowest BCUT2D eigenvalue weighted by Crippen LogP contribution is -2.48. The van der Waals surface area contributed by atoms with Crippen LogP contribution in [0.5, 0.6) is 0 Å². The van der Waals surface area contributed by atoms with E-state index in [2.05, 4.69) is 15.9 Å². The lowest BCUT2D eigenvalue weighted by Gasteiger charge is -2.32. The fourth-order valence-electron chi connectivity index (χ4n) is 2.75. The number of benzene rings is 1. The highest BCUT2D eigenvalue weighted by Crippen LogP contribution is 2.30. The Balaban J connectivity index is 1.78. The molecule has 0 aliphatic carbocycles. The number of nitrogens with zero attached hydrogens (tertiary/aromatic N) is 2. The zero-order valence-electron chi connectivity index (χ0n) is 11.7. The lowest BCUT2D eigenvalue weighted by molar-refractivity contribution is -0.135. The molecule has 1 aromatic rings. The molecule has 2 aliphatic heterocycles. The molecule has 0 atom stereocenters. The van der Waals surface area contributed by atoms with E-state index >= 15 is 0 Å². The van der Waals surface area contributed by atoms with Gasteiger partial charge in [-0.15, -0.1) is 0 Å². The average molecular weight is 353 g/mol. The van der Waals surface area contributed by atoms with Gasteiger partial charge in [-0.25, -0.2) is 0 Å². The van der Waals surface area contributed by atoms with Crippen molar-refractivity contribution in [3.8, 4) is 0 Å². The van der Waals surface area contributed by atoms with E-state index < -0.39 is 0 Å². The molecule has 2 heterocycles. The van der Waals surface area contributed by atoms with E-state index in [-0.39, 0.29) is 18.4 Å². The number of amides is 2. The number of aryl methyl sites for hydroxylation is 1. The van der Waals surface area contributed by atoms with Crippen molar-refractivity contribution in [1.82, 2.24) is 4.90 Å². The van der Waals surface area contributed by atoms with Crippen molar-refractivity contribution < 1.29 is 14.3 Å². The molecule has 0 bridgehead atoms. The van der Waals surface area contributed by atoms with Crippen molar-refractivity contribution >= 4 is 33.4 Å². The Hall–Kier alpha value is -1.40. The molecule has 112 valence electrons. The van der Waals surface area contributed by atoms with Crippen molar-refractivity contribution in [2.24, 2.45) is 0 Å². The Morgan fingerprint density at radius 3 is 2.76 bits per heavy atom. The SMILES string of the molecule is O=C(CN1C(=O)CCc2cc(Br)ccc21)N1CCOCC1. The van der Waals surface area contributed by atoms with Gasteiger partial charge in [0.25, 0.3) is 0 Å². The van der Waals surface area contributed by atoms with Gasteiger partial charge in [0.05, 0.1) is 13.2 Å². The quantitative estimate of drug-likeness (QED) is 0.811. The summed E-state index contributed by atoms with van der Waals surface area (Å²) in [5.41, 5.74) is 1.97. The predicted octanol–water partition coefficient (Wildman–Crippen LogP) is 1.59. The predicted molar refractivity (Wildman–Crippen MR) is 82.2 cm³/mol. The Bertz CT molecular complexity index is 570. The molecule has 0 N–H and O–H groups in total. The molecular weight excluding hydrogens is 336 g/mol. The van der Waals surface area contributed by atoms with Gasteiger partial charge in [0.1, 0.15) is 6.54 Å². The summed E-state index contributed by atoms with van der Waals surface area (Å²) in [6.07, 6.45) is 1.19. The van der Waals surface area contributed by atoms with Gasteiger partial charge in [-0.2, -0.15) is 0 Å². The maximum Gasteiger partial charge on any atom is 0.242 e. The summed E-state index contributed by atoms with van der Waals surface area (Å²) in [4.78, 5) is 27.9. The summed E-state index contributed by atoms with van der Waals surface area (Å²) in [7, 11) is 0. The topological polar surface area (TPSA) is 49.9 Å². The third-order valence-electron chi connectivity index (χ3n) is 3.90. The van der Waals surface area contributed by atoms with Crippen LogP contribution in [-0.4, -0.2) is 49.6 Å². The largest absolute Gasteiger partial charge is 0.378 e. The van der Waals surface area contributed by atoms with Crippen LogP contribution < -0.4 is 4.90 Å². The molecule has 6 heteroatoms. The third-order valence-corrected chi connectivity index (χ3v) is 4.39. The molecule has 1 aromatic carbocycles. The molecule has 2 aliphatic rings. The second kappa shape index (κ2) is 6.15. The van der Waals surface area contributed by atoms with Crippen molar-refractivity contribution in [1.29, 1.82) is 0 Å². The van der Waals surface area contributed by atoms with Crippen LogP contribution >= 0.6 is 15.9 Å². The van der Waals surface area contributed by atoms with Gasteiger partial charge in [0.15, 0.2) is 0 Å². The number of ether oxygens (including phenoxy) is 1. The fourth-order valence-corrected chi connectivity index (χ4v) is 3.16. The molecule has 0 spiro atoms. The van der Waals surface area contributed by atoms with Crippen LogP contribution in [-0.2, 0) is 20.7 Å². The molecule has 1 saturated heterocycles. The zero-order valence-corrected chi connectivity index (χ0v) is 13.3. The first-order valence-electron chi connectivity index (χ1n) is 7.09. The number of hydrogen-bond donors (Lipinski definition) is 0. The summed E-state index contributed by atoms with van der Waals surface area (Å²) in [6, 6.07) is 5.83. The van der Waals surface area contributed by atoms with Crippen LogP contribution in [0.2, 0.25) is 0 Å². The minimum Gasteiger partial charge on any atom is -0.378 e. The second-order valence-corrected chi connectivity index (χ2v) is 6.16. The van der Waals surface area contributed by atoms with Crippen molar-refractivity contribution in [3.05, 3.63) is 28.2 Å². The zero-order chi connectivity index (χ0) is 14.8. The van der Waals surface area contributed by atoms with E-state index in [9.17, 15) is 9.59 Å². The van der Waals surface area contributed by atoms with Crippen LogP contribution in [0.3, 0.4) is 0 Å². The van der Waals surface area contributed by atoms with Crippen LogP contribution in [0, 0.1) is 0 Å². The average Bonchev–Trinajstić information content (AvgIpc) is 2.51. The van der Waals surface area contributed by atoms with Gasteiger partial charge >= 0.3 is 0 Å².